The van der Waals surface area contributed by atoms with Gasteiger partial charge < -0.3 is 4.98 Å². The fourth-order valence-corrected chi connectivity index (χ4v) is 3.21. The van der Waals surface area contributed by atoms with Crippen molar-refractivity contribution in [3.05, 3.63) is 65.9 Å². The molecular weight excluding hydrogens is 268 g/mol. The fourth-order valence-electron chi connectivity index (χ4n) is 3.21. The lowest BCUT2D eigenvalue weighted by Crippen LogP contribution is -1.88. The summed E-state index contributed by atoms with van der Waals surface area (Å²) in [6.07, 6.45) is 3.11. The van der Waals surface area contributed by atoms with Crippen LogP contribution in [0.1, 0.15) is 18.1 Å². The number of nitrogens with one attached hydrogen (secondary N) is 1. The Hall–Kier alpha value is -2.61. The molecule has 0 spiro atoms. The van der Waals surface area contributed by atoms with Gasteiger partial charge >= 0.3 is 0 Å². The van der Waals surface area contributed by atoms with Gasteiger partial charge in [0.2, 0.25) is 0 Å². The number of aromatic amines is 1. The molecule has 0 aliphatic carbocycles. The van der Waals surface area contributed by atoms with Gasteiger partial charge in [0.25, 0.3) is 0 Å². The predicted octanol–water partition coefficient (Wildman–Crippen LogP) is 5.25. The van der Waals surface area contributed by atoms with E-state index in [1.54, 1.807) is 0 Å². The molecule has 0 aliphatic heterocycles. The molecule has 0 fully saturated rings. The number of nitrogens with zero attached hydrogens (tertiary/aromatic N) is 1. The van der Waals surface area contributed by atoms with E-state index >= 15 is 0 Å². The van der Waals surface area contributed by atoms with Crippen molar-refractivity contribution in [3.8, 4) is 11.3 Å². The molecule has 2 heteroatoms. The van der Waals surface area contributed by atoms with Gasteiger partial charge in [0.05, 0.1) is 11.2 Å². The zero-order chi connectivity index (χ0) is 15.1. The van der Waals surface area contributed by atoms with Crippen LogP contribution in [0.4, 0.5) is 0 Å². The monoisotopic (exact) mass is 286 g/mol. The van der Waals surface area contributed by atoms with E-state index in [9.17, 15) is 0 Å². The largest absolute Gasteiger partial charge is 0.360 e. The highest BCUT2D eigenvalue weighted by molar-refractivity contribution is 5.97. The maximum atomic E-state index is 4.86. The Kier molecular flexibility index (Phi) is 2.97. The second-order valence-corrected chi connectivity index (χ2v) is 5.74. The van der Waals surface area contributed by atoms with E-state index in [1.807, 2.05) is 6.07 Å². The molecule has 0 bridgehead atoms. The van der Waals surface area contributed by atoms with Gasteiger partial charge in [0, 0.05) is 28.0 Å². The van der Waals surface area contributed by atoms with Crippen LogP contribution in [0, 0.1) is 6.92 Å². The minimum Gasteiger partial charge on any atom is -0.360 e. The molecule has 2 heterocycles. The summed E-state index contributed by atoms with van der Waals surface area (Å²) in [7, 11) is 0. The van der Waals surface area contributed by atoms with Gasteiger partial charge in [-0.05, 0) is 36.6 Å². The van der Waals surface area contributed by atoms with Gasteiger partial charge in [0.1, 0.15) is 0 Å². The molecule has 4 aromatic rings. The van der Waals surface area contributed by atoms with Crippen LogP contribution in [0.15, 0.2) is 54.7 Å². The third-order valence-electron chi connectivity index (χ3n) is 4.38. The van der Waals surface area contributed by atoms with Crippen LogP contribution in [0.3, 0.4) is 0 Å². The zero-order valence-corrected chi connectivity index (χ0v) is 12.9. The molecule has 0 radical (unpaired) electrons. The van der Waals surface area contributed by atoms with Crippen LogP contribution in [0.2, 0.25) is 0 Å². The van der Waals surface area contributed by atoms with Gasteiger partial charge in [-0.15, -0.1) is 0 Å². The minimum atomic E-state index is 1.03. The minimum absolute atomic E-state index is 1.03. The highest BCUT2D eigenvalue weighted by Crippen LogP contribution is 2.31. The summed E-state index contributed by atoms with van der Waals surface area (Å²) in [6, 6.07) is 17.0. The number of hydrogen-bond donors (Lipinski definition) is 1. The number of para-hydroxylation sites is 2. The third-order valence-corrected chi connectivity index (χ3v) is 4.38. The fraction of sp³-hybridized carbons (Fsp3) is 0.150. The van der Waals surface area contributed by atoms with E-state index in [1.165, 1.54) is 33.0 Å². The molecule has 108 valence electrons. The van der Waals surface area contributed by atoms with Gasteiger partial charge in [0.15, 0.2) is 0 Å². The molecule has 0 amide bonds. The van der Waals surface area contributed by atoms with Gasteiger partial charge in [-0.3, -0.25) is 0 Å². The smallest absolute Gasteiger partial charge is 0.0733 e. The first-order valence-corrected chi connectivity index (χ1v) is 7.73. The van der Waals surface area contributed by atoms with Gasteiger partial charge in [-0.1, -0.05) is 43.3 Å². The van der Waals surface area contributed by atoms with Crippen molar-refractivity contribution in [2.45, 2.75) is 20.3 Å². The molecule has 2 aromatic carbocycles. The van der Waals surface area contributed by atoms with Crippen molar-refractivity contribution in [1.29, 1.82) is 0 Å². The Morgan fingerprint density at radius 2 is 1.82 bits per heavy atom. The van der Waals surface area contributed by atoms with E-state index < -0.39 is 0 Å². The molecule has 4 rings (SSSR count). The van der Waals surface area contributed by atoms with Gasteiger partial charge in [-0.25, -0.2) is 4.98 Å². The molecule has 1 N–H and O–H groups in total. The summed E-state index contributed by atoms with van der Waals surface area (Å²) >= 11 is 0. The van der Waals surface area contributed by atoms with E-state index in [0.29, 0.717) is 0 Å². The molecule has 0 atom stereocenters. The summed E-state index contributed by atoms with van der Waals surface area (Å²) in [5, 5.41) is 2.47. The van der Waals surface area contributed by atoms with Crippen molar-refractivity contribution < 1.29 is 0 Å². The number of fused-ring (bicyclic) bond motifs is 2. The first-order chi connectivity index (χ1) is 10.8. The second-order valence-electron chi connectivity index (χ2n) is 5.74. The predicted molar refractivity (Wildman–Crippen MR) is 93.2 cm³/mol. The Labute approximate surface area is 129 Å². The van der Waals surface area contributed by atoms with Crippen LogP contribution in [0.5, 0.6) is 0 Å². The van der Waals surface area contributed by atoms with E-state index in [4.69, 9.17) is 4.98 Å². The second kappa shape index (κ2) is 4.99. The average molecular weight is 286 g/mol. The first-order valence-electron chi connectivity index (χ1n) is 7.73. The highest BCUT2D eigenvalue weighted by Gasteiger charge is 2.11. The molecule has 0 saturated heterocycles. The van der Waals surface area contributed by atoms with Gasteiger partial charge in [-0.2, -0.15) is 0 Å². The Balaban J connectivity index is 1.99. The van der Waals surface area contributed by atoms with E-state index in [2.05, 4.69) is 67.5 Å². The van der Waals surface area contributed by atoms with Crippen molar-refractivity contribution in [1.82, 2.24) is 9.97 Å². The van der Waals surface area contributed by atoms with Crippen LogP contribution in [-0.4, -0.2) is 9.97 Å². The van der Waals surface area contributed by atoms with Crippen LogP contribution in [-0.2, 0) is 6.42 Å². The van der Waals surface area contributed by atoms with Crippen molar-refractivity contribution >= 4 is 21.8 Å². The maximum absolute atomic E-state index is 4.86. The summed E-state index contributed by atoms with van der Waals surface area (Å²) in [4.78, 5) is 8.30. The Morgan fingerprint density at radius 1 is 1.00 bits per heavy atom. The zero-order valence-electron chi connectivity index (χ0n) is 12.9. The summed E-state index contributed by atoms with van der Waals surface area (Å²) in [5.41, 5.74) is 7.11. The van der Waals surface area contributed by atoms with Crippen LogP contribution < -0.4 is 0 Å². The maximum Gasteiger partial charge on any atom is 0.0733 e. The Morgan fingerprint density at radius 3 is 2.68 bits per heavy atom. The molecule has 0 unspecified atom stereocenters. The lowest BCUT2D eigenvalue weighted by Gasteiger charge is -2.06. The number of aromatic nitrogens is 2. The summed E-state index contributed by atoms with van der Waals surface area (Å²) in [5.74, 6) is 0. The summed E-state index contributed by atoms with van der Waals surface area (Å²) < 4.78 is 0. The molecule has 2 aromatic heterocycles. The third kappa shape index (κ3) is 1.92. The molecule has 0 aliphatic rings. The standard InChI is InChI=1S/C20H18N2/c1-3-14-7-6-9-16-17(12-21-20(14)16)19-11-13(2)15-8-4-5-10-18(15)22-19/h4-12,21H,3H2,1-2H3. The number of H-pyrrole nitrogens is 1. The van der Waals surface area contributed by atoms with E-state index in [-0.39, 0.29) is 0 Å². The average Bonchev–Trinajstić information content (AvgIpc) is 2.99. The van der Waals surface area contributed by atoms with Crippen LogP contribution >= 0.6 is 0 Å². The van der Waals surface area contributed by atoms with Crippen molar-refractivity contribution in [2.24, 2.45) is 0 Å². The topological polar surface area (TPSA) is 28.7 Å². The Bertz CT molecular complexity index is 980. The number of rotatable bonds is 2. The lowest BCUT2D eigenvalue weighted by molar-refractivity contribution is 1.15. The van der Waals surface area contributed by atoms with Crippen molar-refractivity contribution in [3.63, 3.8) is 0 Å². The molecule has 0 saturated carbocycles. The molecule has 2 nitrogen and oxygen atoms in total. The normalized spacial score (nSPS) is 11.4. The van der Waals surface area contributed by atoms with E-state index in [0.717, 1.165) is 17.6 Å². The quantitative estimate of drug-likeness (QED) is 0.535. The number of pyridine rings is 1. The lowest BCUT2D eigenvalue weighted by atomic mass is 10.0. The summed E-state index contributed by atoms with van der Waals surface area (Å²) in [6.45, 7) is 4.34. The van der Waals surface area contributed by atoms with Crippen molar-refractivity contribution in [2.75, 3.05) is 0 Å². The number of hydrogen-bond acceptors (Lipinski definition) is 1. The number of benzene rings is 2. The number of aryl methyl sites for hydroxylation is 2. The SMILES string of the molecule is CCc1cccc2c(-c3cc(C)c4ccccc4n3)c[nH]c12. The first kappa shape index (κ1) is 13.1. The molecule has 22 heavy (non-hydrogen) atoms. The van der Waals surface area contributed by atoms with Crippen LogP contribution in [0.25, 0.3) is 33.1 Å². The molecular formula is C20H18N2. The highest BCUT2D eigenvalue weighted by atomic mass is 14.7.